The van der Waals surface area contributed by atoms with Gasteiger partial charge in [-0.25, -0.2) is 9.37 Å². The van der Waals surface area contributed by atoms with Crippen molar-refractivity contribution in [2.24, 2.45) is 7.05 Å². The zero-order valence-corrected chi connectivity index (χ0v) is 21.2. The van der Waals surface area contributed by atoms with Crippen LogP contribution in [0.3, 0.4) is 0 Å². The van der Waals surface area contributed by atoms with E-state index in [-0.39, 0.29) is 11.6 Å². The Bertz CT molecular complexity index is 1540. The second kappa shape index (κ2) is 9.53. The first-order valence-electron chi connectivity index (χ1n) is 11.7. The summed E-state index contributed by atoms with van der Waals surface area (Å²) in [6.07, 6.45) is 5.19. The van der Waals surface area contributed by atoms with E-state index in [1.54, 1.807) is 57.8 Å². The van der Waals surface area contributed by atoms with Crippen LogP contribution in [0, 0.1) is 5.82 Å². The molecule has 0 unspecified atom stereocenters. The van der Waals surface area contributed by atoms with Crippen molar-refractivity contribution in [2.75, 3.05) is 18.0 Å². The average molecular weight is 519 g/mol. The molecule has 0 aliphatic carbocycles. The fourth-order valence-electron chi connectivity index (χ4n) is 4.63. The topological polar surface area (TPSA) is 75.9 Å². The molecule has 1 saturated heterocycles. The first-order valence-corrected chi connectivity index (χ1v) is 13.5. The molecule has 182 valence electrons. The summed E-state index contributed by atoms with van der Waals surface area (Å²) in [5.74, 6) is -0.412. The predicted molar refractivity (Wildman–Crippen MR) is 142 cm³/mol. The minimum atomic E-state index is -0.589. The molecular formula is C26H23FN6OS2. The van der Waals surface area contributed by atoms with E-state index in [1.807, 2.05) is 6.07 Å². The summed E-state index contributed by atoms with van der Waals surface area (Å²) in [6.45, 7) is 1.53. The van der Waals surface area contributed by atoms with Crippen molar-refractivity contribution in [3.05, 3.63) is 70.9 Å². The van der Waals surface area contributed by atoms with Crippen LogP contribution < -0.4 is 10.2 Å². The Hall–Kier alpha value is -3.47. The summed E-state index contributed by atoms with van der Waals surface area (Å²) in [7, 11) is 1.75. The van der Waals surface area contributed by atoms with Crippen LogP contribution in [0.4, 0.5) is 10.2 Å². The summed E-state index contributed by atoms with van der Waals surface area (Å²) in [6, 6.07) is 10.6. The third-order valence-electron chi connectivity index (χ3n) is 6.41. The number of fused-ring (bicyclic) bond motifs is 1. The van der Waals surface area contributed by atoms with E-state index in [4.69, 9.17) is 0 Å². The number of benzene rings is 1. The molecule has 5 heterocycles. The smallest absolute Gasteiger partial charge is 0.262 e. The number of pyridine rings is 1. The molecule has 0 radical (unpaired) electrons. The van der Waals surface area contributed by atoms with Crippen LogP contribution in [0.15, 0.2) is 59.6 Å². The molecular weight excluding hydrogens is 495 g/mol. The van der Waals surface area contributed by atoms with E-state index >= 15 is 4.39 Å². The van der Waals surface area contributed by atoms with Gasteiger partial charge in [0.2, 0.25) is 0 Å². The Morgan fingerprint density at radius 3 is 2.86 bits per heavy atom. The zero-order chi connectivity index (χ0) is 24.6. The van der Waals surface area contributed by atoms with Gasteiger partial charge in [-0.2, -0.15) is 11.3 Å². The largest absolute Gasteiger partial charge is 0.315 e. The highest BCUT2D eigenvalue weighted by Gasteiger charge is 2.32. The molecule has 1 aliphatic heterocycles. The van der Waals surface area contributed by atoms with E-state index in [2.05, 4.69) is 43.5 Å². The molecule has 1 aliphatic rings. The summed E-state index contributed by atoms with van der Waals surface area (Å²) in [5, 5.41) is 16.4. The molecule has 6 rings (SSSR count). The van der Waals surface area contributed by atoms with Gasteiger partial charge in [-0.1, -0.05) is 11.3 Å². The normalized spacial score (nSPS) is 15.9. The quantitative estimate of drug-likeness (QED) is 0.339. The highest BCUT2D eigenvalue weighted by molar-refractivity contribution is 7.22. The average Bonchev–Trinajstić information content (AvgIpc) is 3.65. The number of hydrogen-bond donors (Lipinski definition) is 1. The number of nitrogens with zero attached hydrogens (tertiary/aromatic N) is 5. The lowest BCUT2D eigenvalue weighted by atomic mass is 10.0. The molecule has 1 fully saturated rings. The van der Waals surface area contributed by atoms with Gasteiger partial charge >= 0.3 is 0 Å². The molecule has 4 aromatic heterocycles. The van der Waals surface area contributed by atoms with Gasteiger partial charge in [0.05, 0.1) is 17.8 Å². The monoisotopic (exact) mass is 518 g/mol. The van der Waals surface area contributed by atoms with Gasteiger partial charge in [0.15, 0.2) is 0 Å². The Labute approximate surface area is 215 Å². The van der Waals surface area contributed by atoms with E-state index in [0.717, 1.165) is 39.9 Å². The number of carbonyl (C=O) groups excluding carboxylic acids is 1. The van der Waals surface area contributed by atoms with Gasteiger partial charge in [0.1, 0.15) is 17.3 Å². The van der Waals surface area contributed by atoms with Gasteiger partial charge in [-0.15, -0.1) is 16.4 Å². The van der Waals surface area contributed by atoms with Gasteiger partial charge in [-0.05, 0) is 60.5 Å². The number of aromatic nitrogens is 4. The fraction of sp³-hybridized carbons (Fsp3) is 0.231. The van der Waals surface area contributed by atoms with Crippen LogP contribution in [0.2, 0.25) is 0 Å². The van der Waals surface area contributed by atoms with Crippen molar-refractivity contribution in [2.45, 2.75) is 18.9 Å². The second-order valence-corrected chi connectivity index (χ2v) is 10.7. The van der Waals surface area contributed by atoms with Crippen LogP contribution in [0.25, 0.3) is 31.8 Å². The molecule has 36 heavy (non-hydrogen) atoms. The van der Waals surface area contributed by atoms with Gasteiger partial charge in [0, 0.05) is 45.9 Å². The van der Waals surface area contributed by atoms with Crippen molar-refractivity contribution in [1.29, 1.82) is 0 Å². The Morgan fingerprint density at radius 2 is 2.14 bits per heavy atom. The number of nitrogens with one attached hydrogen (secondary N) is 1. The highest BCUT2D eigenvalue weighted by Crippen LogP contribution is 2.39. The summed E-state index contributed by atoms with van der Waals surface area (Å²) >= 11 is 3.32. The van der Waals surface area contributed by atoms with Crippen LogP contribution in [0.1, 0.15) is 23.2 Å². The van der Waals surface area contributed by atoms with Gasteiger partial charge in [-0.3, -0.25) is 14.4 Å². The number of carbonyl (C=O) groups is 1. The van der Waals surface area contributed by atoms with Crippen molar-refractivity contribution in [3.63, 3.8) is 0 Å². The number of piperidine rings is 1. The molecule has 1 amide bonds. The second-order valence-electron chi connectivity index (χ2n) is 8.82. The predicted octanol–water partition coefficient (Wildman–Crippen LogP) is 5.36. The molecule has 10 heteroatoms. The van der Waals surface area contributed by atoms with Crippen LogP contribution in [-0.4, -0.2) is 45.0 Å². The van der Waals surface area contributed by atoms with Crippen molar-refractivity contribution in [3.8, 4) is 21.7 Å². The Morgan fingerprint density at radius 1 is 1.22 bits per heavy atom. The molecule has 1 N–H and O–H groups in total. The molecule has 0 bridgehead atoms. The number of thiophene rings is 2. The third kappa shape index (κ3) is 4.21. The molecule has 7 nitrogen and oxygen atoms in total. The van der Waals surface area contributed by atoms with Crippen molar-refractivity contribution < 1.29 is 9.18 Å². The van der Waals surface area contributed by atoms with E-state index < -0.39 is 11.7 Å². The number of rotatable bonds is 5. The minimum absolute atomic E-state index is 0.0142. The van der Waals surface area contributed by atoms with Crippen LogP contribution in [0.5, 0.6) is 0 Å². The van der Waals surface area contributed by atoms with E-state index in [9.17, 15) is 4.79 Å². The lowest BCUT2D eigenvalue weighted by Crippen LogP contribution is -2.49. The summed E-state index contributed by atoms with van der Waals surface area (Å²) in [4.78, 5) is 21.5. The Balaban J connectivity index is 1.43. The first-order chi connectivity index (χ1) is 17.6. The lowest BCUT2D eigenvalue weighted by molar-refractivity contribution is 0.0968. The minimum Gasteiger partial charge on any atom is -0.315 e. The maximum absolute atomic E-state index is 15.4. The standard InChI is InChI=1S/C26H23FN6OS2/c1-32-14-22(30-31-32)16-4-5-19(21(27)11-16)26(34)33(18-3-2-8-28-13-18)25-20-12-24(17-7-10-35-15-17)36-23(20)6-9-29-25/h4-7,9-12,14-15,18,28H,2-3,8,13H2,1H3/t18-/m1/s1. The summed E-state index contributed by atoms with van der Waals surface area (Å²) < 4.78 is 18.0. The summed E-state index contributed by atoms with van der Waals surface area (Å²) in [5.41, 5.74) is 2.28. The number of amides is 1. The van der Waals surface area contributed by atoms with E-state index in [0.29, 0.717) is 23.6 Å². The first kappa shape index (κ1) is 23.0. The SMILES string of the molecule is Cn1cc(-c2ccc(C(=O)N(c3nccc4sc(-c5ccsc5)cc34)[C@@H]3CCCNC3)c(F)c2)nn1. The fourth-order valence-corrected chi connectivity index (χ4v) is 6.41. The highest BCUT2D eigenvalue weighted by atomic mass is 32.1. The molecule has 1 atom stereocenters. The van der Waals surface area contributed by atoms with Crippen molar-refractivity contribution in [1.82, 2.24) is 25.3 Å². The number of anilines is 1. The number of hydrogen-bond acceptors (Lipinski definition) is 7. The molecule has 1 aromatic carbocycles. The lowest BCUT2D eigenvalue weighted by Gasteiger charge is -2.34. The van der Waals surface area contributed by atoms with Crippen molar-refractivity contribution >= 4 is 44.5 Å². The zero-order valence-electron chi connectivity index (χ0n) is 19.5. The molecule has 5 aromatic rings. The molecule has 0 spiro atoms. The third-order valence-corrected chi connectivity index (χ3v) is 8.24. The number of halogens is 1. The maximum Gasteiger partial charge on any atom is 0.262 e. The Kier molecular flexibility index (Phi) is 6.08. The maximum atomic E-state index is 15.4. The van der Waals surface area contributed by atoms with Gasteiger partial charge in [0.25, 0.3) is 5.91 Å². The van der Waals surface area contributed by atoms with E-state index in [1.165, 1.54) is 12.1 Å². The molecule has 0 saturated carbocycles. The number of aryl methyl sites for hydroxylation is 1. The van der Waals surface area contributed by atoms with Crippen LogP contribution in [-0.2, 0) is 7.05 Å². The van der Waals surface area contributed by atoms with Gasteiger partial charge < -0.3 is 5.32 Å². The van der Waals surface area contributed by atoms with Crippen LogP contribution >= 0.6 is 22.7 Å².